The number of hydrogen-bond donors (Lipinski definition) is 0. The molecule has 0 heterocycles. The molecule has 4 nitrogen and oxygen atoms in total. The zero-order valence-corrected chi connectivity index (χ0v) is 8.57. The van der Waals surface area contributed by atoms with Crippen molar-refractivity contribution in [2.24, 2.45) is 15.3 Å². The first-order valence-electron chi connectivity index (χ1n) is 4.09. The van der Waals surface area contributed by atoms with Gasteiger partial charge in [-0.1, -0.05) is 5.22 Å². The molecule has 0 aromatic heterocycles. The normalized spacial score (nSPS) is 13.1. The molecule has 0 radical (unpaired) electrons. The Labute approximate surface area is 74.4 Å². The van der Waals surface area contributed by atoms with E-state index in [0.29, 0.717) is 6.54 Å². The molecule has 0 fully saturated rings. The van der Waals surface area contributed by atoms with E-state index >= 15 is 0 Å². The summed E-state index contributed by atoms with van der Waals surface area (Å²) < 4.78 is 0. The SMILES string of the molecule is CCN=NN(C)C(C)(C)C=NC. The van der Waals surface area contributed by atoms with Crippen LogP contribution in [-0.2, 0) is 0 Å². The Morgan fingerprint density at radius 3 is 2.42 bits per heavy atom. The van der Waals surface area contributed by atoms with Crippen molar-refractivity contribution in [3.8, 4) is 0 Å². The average molecular weight is 170 g/mol. The molecular weight excluding hydrogens is 152 g/mol. The highest BCUT2D eigenvalue weighted by Crippen LogP contribution is 2.09. The summed E-state index contributed by atoms with van der Waals surface area (Å²) in [5, 5.41) is 9.70. The van der Waals surface area contributed by atoms with Crippen molar-refractivity contribution >= 4 is 6.21 Å². The van der Waals surface area contributed by atoms with Crippen LogP contribution in [0.3, 0.4) is 0 Å². The van der Waals surface area contributed by atoms with E-state index in [-0.39, 0.29) is 5.54 Å². The third kappa shape index (κ3) is 3.46. The maximum Gasteiger partial charge on any atom is 0.0881 e. The van der Waals surface area contributed by atoms with E-state index in [1.807, 2.05) is 34.0 Å². The predicted octanol–water partition coefficient (Wildman–Crippen LogP) is 1.78. The second kappa shape index (κ2) is 4.85. The van der Waals surface area contributed by atoms with E-state index in [4.69, 9.17) is 0 Å². The number of nitrogens with zero attached hydrogens (tertiary/aromatic N) is 4. The van der Waals surface area contributed by atoms with Crippen molar-refractivity contribution in [3.05, 3.63) is 0 Å². The van der Waals surface area contributed by atoms with Gasteiger partial charge in [0.25, 0.3) is 0 Å². The topological polar surface area (TPSA) is 40.3 Å². The first kappa shape index (κ1) is 11.1. The first-order valence-corrected chi connectivity index (χ1v) is 4.09. The van der Waals surface area contributed by atoms with E-state index in [1.54, 1.807) is 12.1 Å². The summed E-state index contributed by atoms with van der Waals surface area (Å²) in [6.45, 7) is 6.74. The molecule has 0 aromatic rings. The molecular formula is C8H18N4. The maximum absolute atomic E-state index is 4.00. The van der Waals surface area contributed by atoms with Crippen LogP contribution < -0.4 is 0 Å². The van der Waals surface area contributed by atoms with Crippen molar-refractivity contribution in [2.75, 3.05) is 20.6 Å². The Bertz CT molecular complexity index is 172. The van der Waals surface area contributed by atoms with Crippen LogP contribution in [0.2, 0.25) is 0 Å². The van der Waals surface area contributed by atoms with Crippen LogP contribution in [0.15, 0.2) is 15.3 Å². The lowest BCUT2D eigenvalue weighted by atomic mass is 10.1. The highest BCUT2D eigenvalue weighted by atomic mass is 15.6. The lowest BCUT2D eigenvalue weighted by molar-refractivity contribution is 0.219. The molecule has 0 unspecified atom stereocenters. The summed E-state index contributed by atoms with van der Waals surface area (Å²) in [7, 11) is 3.65. The fraction of sp³-hybridized carbons (Fsp3) is 0.875. The number of aliphatic imine (C=N–C) groups is 1. The van der Waals surface area contributed by atoms with Crippen LogP contribution in [-0.4, -0.2) is 37.4 Å². The molecule has 0 aliphatic carbocycles. The Kier molecular flexibility index (Phi) is 4.47. The molecule has 0 aliphatic heterocycles. The van der Waals surface area contributed by atoms with Crippen LogP contribution in [0.25, 0.3) is 0 Å². The maximum atomic E-state index is 4.00. The van der Waals surface area contributed by atoms with Crippen LogP contribution >= 0.6 is 0 Å². The summed E-state index contributed by atoms with van der Waals surface area (Å²) in [6, 6.07) is 0. The monoisotopic (exact) mass is 170 g/mol. The van der Waals surface area contributed by atoms with Gasteiger partial charge in [-0.05, 0) is 20.8 Å². The molecule has 0 aromatic carbocycles. The van der Waals surface area contributed by atoms with Gasteiger partial charge in [-0.2, -0.15) is 5.11 Å². The van der Waals surface area contributed by atoms with E-state index in [2.05, 4.69) is 15.3 Å². The Morgan fingerprint density at radius 2 is 2.00 bits per heavy atom. The molecule has 0 aliphatic rings. The Hall–Kier alpha value is -0.930. The lowest BCUT2D eigenvalue weighted by Crippen LogP contribution is -2.38. The van der Waals surface area contributed by atoms with E-state index in [9.17, 15) is 0 Å². The molecule has 0 bridgehead atoms. The first-order chi connectivity index (χ1) is 5.54. The Balaban J connectivity index is 4.24. The number of rotatable bonds is 4. The van der Waals surface area contributed by atoms with Crippen LogP contribution in [0.1, 0.15) is 20.8 Å². The predicted molar refractivity (Wildman–Crippen MR) is 51.7 cm³/mol. The van der Waals surface area contributed by atoms with Crippen LogP contribution in [0.4, 0.5) is 0 Å². The molecule has 0 saturated carbocycles. The molecule has 0 spiro atoms. The van der Waals surface area contributed by atoms with Gasteiger partial charge in [0.15, 0.2) is 0 Å². The zero-order chi connectivity index (χ0) is 9.61. The van der Waals surface area contributed by atoms with Gasteiger partial charge in [-0.25, -0.2) is 0 Å². The molecule has 12 heavy (non-hydrogen) atoms. The molecule has 0 saturated heterocycles. The molecule has 4 heteroatoms. The second-order valence-corrected chi connectivity index (χ2v) is 3.11. The number of hydrogen-bond acceptors (Lipinski definition) is 3. The van der Waals surface area contributed by atoms with Crippen molar-refractivity contribution in [2.45, 2.75) is 26.3 Å². The van der Waals surface area contributed by atoms with Crippen LogP contribution in [0, 0.1) is 0 Å². The molecule has 0 atom stereocenters. The van der Waals surface area contributed by atoms with Gasteiger partial charge in [-0.3, -0.25) is 10.0 Å². The van der Waals surface area contributed by atoms with Crippen LogP contribution in [0.5, 0.6) is 0 Å². The third-order valence-corrected chi connectivity index (χ3v) is 1.62. The minimum Gasteiger partial charge on any atom is -0.298 e. The van der Waals surface area contributed by atoms with Crippen molar-refractivity contribution in [1.29, 1.82) is 0 Å². The van der Waals surface area contributed by atoms with E-state index in [1.165, 1.54) is 0 Å². The van der Waals surface area contributed by atoms with Gasteiger partial charge < -0.3 is 0 Å². The summed E-state index contributed by atoms with van der Waals surface area (Å²) in [6.07, 6.45) is 1.85. The highest BCUT2D eigenvalue weighted by molar-refractivity contribution is 5.68. The smallest absolute Gasteiger partial charge is 0.0881 e. The van der Waals surface area contributed by atoms with Gasteiger partial charge in [0.2, 0.25) is 0 Å². The molecule has 70 valence electrons. The zero-order valence-electron chi connectivity index (χ0n) is 8.57. The fourth-order valence-corrected chi connectivity index (χ4v) is 0.673. The van der Waals surface area contributed by atoms with Gasteiger partial charge in [0, 0.05) is 20.3 Å². The minimum atomic E-state index is -0.159. The quantitative estimate of drug-likeness (QED) is 0.360. The van der Waals surface area contributed by atoms with Gasteiger partial charge in [-0.15, -0.1) is 0 Å². The highest BCUT2D eigenvalue weighted by Gasteiger charge is 2.19. The van der Waals surface area contributed by atoms with Gasteiger partial charge in [0.1, 0.15) is 0 Å². The lowest BCUT2D eigenvalue weighted by Gasteiger charge is -2.27. The summed E-state index contributed by atoms with van der Waals surface area (Å²) >= 11 is 0. The summed E-state index contributed by atoms with van der Waals surface area (Å²) in [5.41, 5.74) is -0.159. The van der Waals surface area contributed by atoms with Gasteiger partial charge in [0.05, 0.1) is 12.1 Å². The van der Waals surface area contributed by atoms with Crippen molar-refractivity contribution in [3.63, 3.8) is 0 Å². The fourth-order valence-electron chi connectivity index (χ4n) is 0.673. The molecule has 0 N–H and O–H groups in total. The van der Waals surface area contributed by atoms with Crippen molar-refractivity contribution in [1.82, 2.24) is 5.01 Å². The van der Waals surface area contributed by atoms with E-state index in [0.717, 1.165) is 0 Å². The Morgan fingerprint density at radius 1 is 1.42 bits per heavy atom. The molecule has 0 amide bonds. The average Bonchev–Trinajstić information content (AvgIpc) is 2.00. The summed E-state index contributed by atoms with van der Waals surface area (Å²) in [5.74, 6) is 0. The molecule has 0 rings (SSSR count). The standard InChI is InChI=1S/C8H18N4/c1-6-10-11-12(5)8(2,3)7-9-4/h7H,6H2,1-5H3. The third-order valence-electron chi connectivity index (χ3n) is 1.62. The largest absolute Gasteiger partial charge is 0.298 e. The van der Waals surface area contributed by atoms with Gasteiger partial charge >= 0.3 is 0 Å². The minimum absolute atomic E-state index is 0.159. The second-order valence-electron chi connectivity index (χ2n) is 3.11. The van der Waals surface area contributed by atoms with E-state index < -0.39 is 0 Å². The van der Waals surface area contributed by atoms with Crippen molar-refractivity contribution < 1.29 is 0 Å². The summed E-state index contributed by atoms with van der Waals surface area (Å²) in [4.78, 5) is 3.97.